The van der Waals surface area contributed by atoms with Crippen LogP contribution in [-0.4, -0.2) is 29.9 Å². The van der Waals surface area contributed by atoms with Gasteiger partial charge in [-0.1, -0.05) is 42.6 Å². The molecule has 1 heterocycles. The molecule has 1 aliphatic rings. The first-order chi connectivity index (χ1) is 11.0. The summed E-state index contributed by atoms with van der Waals surface area (Å²) in [5, 5.41) is 4.33. The lowest BCUT2D eigenvalue weighted by atomic mass is 9.95. The van der Waals surface area contributed by atoms with Crippen molar-refractivity contribution in [2.75, 3.05) is 13.1 Å². The lowest BCUT2D eigenvalue weighted by molar-refractivity contribution is -0.127. The number of halogens is 2. The zero-order valence-corrected chi connectivity index (χ0v) is 15.5. The number of hydrogen-bond donors (Lipinski definition) is 1. The van der Waals surface area contributed by atoms with Crippen molar-refractivity contribution in [3.63, 3.8) is 0 Å². The molecule has 0 spiro atoms. The van der Waals surface area contributed by atoms with E-state index in [1.807, 2.05) is 18.2 Å². The number of carbonyl (C=O) groups is 1. The summed E-state index contributed by atoms with van der Waals surface area (Å²) < 4.78 is 0. The highest BCUT2D eigenvalue weighted by molar-refractivity contribution is 6.42. The fraction of sp³-hybridized carbons (Fsp3) is 0.611. The molecule has 1 aromatic rings. The quantitative estimate of drug-likeness (QED) is 0.812. The number of nitrogens with one attached hydrogen (secondary N) is 1. The third kappa shape index (κ3) is 5.66. The summed E-state index contributed by atoms with van der Waals surface area (Å²) in [6, 6.07) is 6.06. The molecule has 1 atom stereocenters. The van der Waals surface area contributed by atoms with E-state index in [0.717, 1.165) is 45.3 Å². The maximum atomic E-state index is 12.3. The third-order valence-corrected chi connectivity index (χ3v) is 5.20. The topological polar surface area (TPSA) is 32.3 Å². The molecule has 1 unspecified atom stereocenters. The first-order valence-corrected chi connectivity index (χ1v) is 9.21. The van der Waals surface area contributed by atoms with Gasteiger partial charge in [0.2, 0.25) is 5.91 Å². The number of rotatable bonds is 6. The summed E-state index contributed by atoms with van der Waals surface area (Å²) in [5.41, 5.74) is 1.17. The second-order valence-electron chi connectivity index (χ2n) is 6.50. The minimum absolute atomic E-state index is 0.152. The van der Waals surface area contributed by atoms with Crippen LogP contribution in [0, 0.1) is 5.92 Å². The Bertz CT molecular complexity index is 528. The van der Waals surface area contributed by atoms with Crippen LogP contribution in [-0.2, 0) is 11.3 Å². The average Bonchev–Trinajstić information content (AvgIpc) is 2.52. The Kier molecular flexibility index (Phi) is 7.19. The van der Waals surface area contributed by atoms with Crippen molar-refractivity contribution in [1.29, 1.82) is 0 Å². The zero-order valence-electron chi connectivity index (χ0n) is 13.9. The van der Waals surface area contributed by atoms with Crippen molar-refractivity contribution in [2.45, 2.75) is 52.1 Å². The van der Waals surface area contributed by atoms with E-state index in [1.54, 1.807) is 0 Å². The minimum Gasteiger partial charge on any atom is -0.353 e. The predicted molar refractivity (Wildman–Crippen MR) is 97.0 cm³/mol. The monoisotopic (exact) mass is 356 g/mol. The summed E-state index contributed by atoms with van der Waals surface area (Å²) >= 11 is 12.0. The first-order valence-electron chi connectivity index (χ1n) is 8.46. The standard InChI is InChI=1S/C18H26Cl2N2O/c1-3-4-13(2)21-18(23)15-7-9-22(10-8-15)12-14-5-6-16(19)17(20)11-14/h5-6,11,13,15H,3-4,7-10,12H2,1-2H3,(H,21,23). The molecule has 2 rings (SSSR count). The van der Waals surface area contributed by atoms with Crippen molar-refractivity contribution < 1.29 is 4.79 Å². The molecule has 0 bridgehead atoms. The molecular weight excluding hydrogens is 331 g/mol. The van der Waals surface area contributed by atoms with E-state index in [4.69, 9.17) is 23.2 Å². The van der Waals surface area contributed by atoms with Gasteiger partial charge in [0.1, 0.15) is 0 Å². The molecule has 0 radical (unpaired) electrons. The predicted octanol–water partition coefficient (Wildman–Crippen LogP) is 4.51. The largest absolute Gasteiger partial charge is 0.353 e. The van der Waals surface area contributed by atoms with Gasteiger partial charge in [-0.2, -0.15) is 0 Å². The molecule has 1 aliphatic heterocycles. The van der Waals surface area contributed by atoms with Gasteiger partial charge in [-0.3, -0.25) is 9.69 Å². The van der Waals surface area contributed by atoms with Gasteiger partial charge in [0, 0.05) is 18.5 Å². The summed E-state index contributed by atoms with van der Waals surface area (Å²) in [7, 11) is 0. The molecule has 1 fully saturated rings. The van der Waals surface area contributed by atoms with E-state index in [9.17, 15) is 4.79 Å². The normalized spacial score (nSPS) is 17.9. The second kappa shape index (κ2) is 8.91. The minimum atomic E-state index is 0.152. The van der Waals surface area contributed by atoms with E-state index < -0.39 is 0 Å². The third-order valence-electron chi connectivity index (χ3n) is 4.46. The number of amides is 1. The van der Waals surface area contributed by atoms with Crippen LogP contribution in [0.25, 0.3) is 0 Å². The van der Waals surface area contributed by atoms with Crippen molar-refractivity contribution in [3.8, 4) is 0 Å². The van der Waals surface area contributed by atoms with Gasteiger partial charge in [-0.25, -0.2) is 0 Å². The Labute approximate surface area is 149 Å². The van der Waals surface area contributed by atoms with E-state index >= 15 is 0 Å². The van der Waals surface area contributed by atoms with Gasteiger partial charge in [0.25, 0.3) is 0 Å². The highest BCUT2D eigenvalue weighted by atomic mass is 35.5. The summed E-state index contributed by atoms with van der Waals surface area (Å²) in [4.78, 5) is 14.6. The van der Waals surface area contributed by atoms with Crippen LogP contribution >= 0.6 is 23.2 Å². The van der Waals surface area contributed by atoms with Gasteiger partial charge >= 0.3 is 0 Å². The highest BCUT2D eigenvalue weighted by Crippen LogP contribution is 2.25. The maximum absolute atomic E-state index is 12.3. The lowest BCUT2D eigenvalue weighted by Crippen LogP contribution is -2.42. The van der Waals surface area contributed by atoms with Crippen molar-refractivity contribution in [3.05, 3.63) is 33.8 Å². The molecule has 23 heavy (non-hydrogen) atoms. The van der Waals surface area contributed by atoms with Gasteiger partial charge < -0.3 is 5.32 Å². The maximum Gasteiger partial charge on any atom is 0.223 e. The Balaban J connectivity index is 1.79. The van der Waals surface area contributed by atoms with E-state index in [2.05, 4.69) is 24.1 Å². The molecule has 1 saturated heterocycles. The first kappa shape index (κ1) is 18.6. The van der Waals surface area contributed by atoms with Crippen molar-refractivity contribution in [1.82, 2.24) is 10.2 Å². The fourth-order valence-electron chi connectivity index (χ4n) is 3.12. The SMILES string of the molecule is CCCC(C)NC(=O)C1CCN(Cc2ccc(Cl)c(Cl)c2)CC1. The number of carbonyl (C=O) groups excluding carboxylic acids is 1. The van der Waals surface area contributed by atoms with Crippen LogP contribution in [0.4, 0.5) is 0 Å². The van der Waals surface area contributed by atoms with Gasteiger partial charge in [-0.05, 0) is 57.0 Å². The Morgan fingerprint density at radius 3 is 2.61 bits per heavy atom. The van der Waals surface area contributed by atoms with Crippen LogP contribution in [0.3, 0.4) is 0 Å². The molecule has 5 heteroatoms. The van der Waals surface area contributed by atoms with Gasteiger partial charge in [0.15, 0.2) is 0 Å². The number of piperidine rings is 1. The van der Waals surface area contributed by atoms with E-state index in [1.165, 1.54) is 5.56 Å². The van der Waals surface area contributed by atoms with E-state index in [0.29, 0.717) is 10.0 Å². The summed E-state index contributed by atoms with van der Waals surface area (Å²) in [5.74, 6) is 0.375. The number of benzene rings is 1. The highest BCUT2D eigenvalue weighted by Gasteiger charge is 2.25. The summed E-state index contributed by atoms with van der Waals surface area (Å²) in [6.45, 7) is 6.98. The Hall–Kier alpha value is -0.770. The lowest BCUT2D eigenvalue weighted by Gasteiger charge is -2.32. The number of hydrogen-bond acceptors (Lipinski definition) is 2. The molecular formula is C18H26Cl2N2O. The van der Waals surface area contributed by atoms with Crippen LogP contribution in [0.1, 0.15) is 45.1 Å². The number of likely N-dealkylation sites (tertiary alicyclic amines) is 1. The molecule has 128 valence electrons. The summed E-state index contributed by atoms with van der Waals surface area (Å²) in [6.07, 6.45) is 3.99. The Morgan fingerprint density at radius 1 is 1.30 bits per heavy atom. The zero-order chi connectivity index (χ0) is 16.8. The Morgan fingerprint density at radius 2 is 2.00 bits per heavy atom. The van der Waals surface area contributed by atoms with Crippen molar-refractivity contribution >= 4 is 29.1 Å². The fourth-order valence-corrected chi connectivity index (χ4v) is 3.44. The van der Waals surface area contributed by atoms with Crippen LogP contribution in [0.5, 0.6) is 0 Å². The second-order valence-corrected chi connectivity index (χ2v) is 7.31. The number of nitrogens with zero attached hydrogens (tertiary/aromatic N) is 1. The van der Waals surface area contributed by atoms with Crippen LogP contribution in [0.2, 0.25) is 10.0 Å². The van der Waals surface area contributed by atoms with Gasteiger partial charge in [-0.15, -0.1) is 0 Å². The molecule has 0 saturated carbocycles. The molecule has 1 aromatic carbocycles. The smallest absolute Gasteiger partial charge is 0.223 e. The van der Waals surface area contributed by atoms with E-state index in [-0.39, 0.29) is 17.9 Å². The van der Waals surface area contributed by atoms with Crippen LogP contribution < -0.4 is 5.32 Å². The van der Waals surface area contributed by atoms with Crippen LogP contribution in [0.15, 0.2) is 18.2 Å². The van der Waals surface area contributed by atoms with Crippen molar-refractivity contribution in [2.24, 2.45) is 5.92 Å². The molecule has 0 aliphatic carbocycles. The molecule has 1 amide bonds. The van der Waals surface area contributed by atoms with Gasteiger partial charge in [0.05, 0.1) is 10.0 Å². The molecule has 3 nitrogen and oxygen atoms in total. The molecule has 1 N–H and O–H groups in total. The molecule has 0 aromatic heterocycles. The average molecular weight is 357 g/mol.